The van der Waals surface area contributed by atoms with Gasteiger partial charge in [-0.2, -0.15) is 0 Å². The maximum Gasteiger partial charge on any atom is 0.310 e. The monoisotopic (exact) mass is 241 g/mol. The van der Waals surface area contributed by atoms with Gasteiger partial charge < -0.3 is 10.5 Å². The Bertz CT molecular complexity index is 232. The number of carbonyl (C=O) groups excluding carboxylic acids is 1. The summed E-state index contributed by atoms with van der Waals surface area (Å²) in [6.07, 6.45) is 5.22. The van der Waals surface area contributed by atoms with Crippen molar-refractivity contribution in [1.82, 2.24) is 0 Å². The molecule has 0 aromatic rings. The lowest BCUT2D eigenvalue weighted by Gasteiger charge is -2.31. The molecule has 0 bridgehead atoms. The molecule has 1 rings (SSSR count). The predicted molar refractivity (Wildman–Crippen MR) is 69.5 cm³/mol. The van der Waals surface area contributed by atoms with Crippen molar-refractivity contribution in [2.45, 2.75) is 59.0 Å². The second-order valence-electron chi connectivity index (χ2n) is 5.70. The Morgan fingerprint density at radius 2 is 1.88 bits per heavy atom. The van der Waals surface area contributed by atoms with Crippen LogP contribution in [0.1, 0.15) is 52.9 Å². The Morgan fingerprint density at radius 3 is 2.35 bits per heavy atom. The van der Waals surface area contributed by atoms with E-state index < -0.39 is 0 Å². The minimum absolute atomic E-state index is 0.0827. The molecule has 1 aliphatic rings. The quantitative estimate of drug-likeness (QED) is 0.753. The van der Waals surface area contributed by atoms with E-state index in [2.05, 4.69) is 20.8 Å². The normalized spacial score (nSPS) is 30.9. The number of ether oxygens (including phenoxy) is 1. The second kappa shape index (κ2) is 7.00. The average Bonchev–Trinajstić information content (AvgIpc) is 2.24. The van der Waals surface area contributed by atoms with Gasteiger partial charge in [0.2, 0.25) is 0 Å². The molecule has 0 aromatic carbocycles. The van der Waals surface area contributed by atoms with E-state index in [0.717, 1.165) is 25.7 Å². The summed E-state index contributed by atoms with van der Waals surface area (Å²) >= 11 is 0. The Hall–Kier alpha value is -0.570. The van der Waals surface area contributed by atoms with Gasteiger partial charge in [-0.15, -0.1) is 0 Å². The first kappa shape index (κ1) is 14.5. The van der Waals surface area contributed by atoms with Crippen molar-refractivity contribution in [2.24, 2.45) is 23.5 Å². The number of hydrogen-bond acceptors (Lipinski definition) is 3. The Labute approximate surface area is 105 Å². The van der Waals surface area contributed by atoms with Crippen LogP contribution in [0.15, 0.2) is 0 Å². The molecule has 1 fully saturated rings. The van der Waals surface area contributed by atoms with Crippen LogP contribution in [-0.2, 0) is 9.53 Å². The highest BCUT2D eigenvalue weighted by atomic mass is 16.5. The molecule has 3 heteroatoms. The van der Waals surface area contributed by atoms with Gasteiger partial charge in [-0.05, 0) is 37.5 Å². The zero-order chi connectivity index (χ0) is 12.8. The summed E-state index contributed by atoms with van der Waals surface area (Å²) in [5.74, 6) is 1.14. The van der Waals surface area contributed by atoms with E-state index in [9.17, 15) is 4.79 Å². The molecule has 0 radical (unpaired) electrons. The zero-order valence-electron chi connectivity index (χ0n) is 11.4. The molecule has 0 spiro atoms. The fourth-order valence-electron chi connectivity index (χ4n) is 2.91. The summed E-state index contributed by atoms with van der Waals surface area (Å²) in [6.45, 7) is 6.96. The largest absolute Gasteiger partial charge is 0.462 e. The maximum atomic E-state index is 11.9. The minimum Gasteiger partial charge on any atom is -0.462 e. The van der Waals surface area contributed by atoms with E-state index in [1.807, 2.05) is 0 Å². The number of carbonyl (C=O) groups is 1. The van der Waals surface area contributed by atoms with Crippen LogP contribution in [0.2, 0.25) is 0 Å². The molecule has 3 atom stereocenters. The van der Waals surface area contributed by atoms with E-state index >= 15 is 0 Å². The third-order valence-electron chi connectivity index (χ3n) is 3.67. The van der Waals surface area contributed by atoms with E-state index in [1.54, 1.807) is 0 Å². The standard InChI is InChI=1S/C14H27NO2/c1-4-5-12(9-15)14(16)17-13-7-10(2)6-11(3)8-13/h10-13H,4-9,15H2,1-3H3. The van der Waals surface area contributed by atoms with Crippen LogP contribution in [-0.4, -0.2) is 18.6 Å². The maximum absolute atomic E-state index is 11.9. The van der Waals surface area contributed by atoms with Gasteiger partial charge in [0, 0.05) is 6.54 Å². The molecule has 100 valence electrons. The minimum atomic E-state index is -0.104. The van der Waals surface area contributed by atoms with Crippen LogP contribution in [0.4, 0.5) is 0 Å². The van der Waals surface area contributed by atoms with Crippen molar-refractivity contribution in [2.75, 3.05) is 6.54 Å². The van der Waals surface area contributed by atoms with Crippen molar-refractivity contribution in [1.29, 1.82) is 0 Å². The van der Waals surface area contributed by atoms with E-state index in [1.165, 1.54) is 6.42 Å². The Morgan fingerprint density at radius 1 is 1.29 bits per heavy atom. The molecule has 1 aliphatic carbocycles. The van der Waals surface area contributed by atoms with Crippen LogP contribution in [0.3, 0.4) is 0 Å². The molecule has 0 saturated heterocycles. The molecular formula is C14H27NO2. The topological polar surface area (TPSA) is 52.3 Å². The van der Waals surface area contributed by atoms with Crippen LogP contribution < -0.4 is 5.73 Å². The van der Waals surface area contributed by atoms with Gasteiger partial charge >= 0.3 is 5.97 Å². The third kappa shape index (κ3) is 4.66. The van der Waals surface area contributed by atoms with Crippen LogP contribution >= 0.6 is 0 Å². The van der Waals surface area contributed by atoms with Crippen LogP contribution in [0.25, 0.3) is 0 Å². The van der Waals surface area contributed by atoms with E-state index in [0.29, 0.717) is 18.4 Å². The SMILES string of the molecule is CCCC(CN)C(=O)OC1CC(C)CC(C)C1. The van der Waals surface area contributed by atoms with Crippen molar-refractivity contribution in [3.05, 3.63) is 0 Å². The highest BCUT2D eigenvalue weighted by Crippen LogP contribution is 2.30. The van der Waals surface area contributed by atoms with Gasteiger partial charge in [0.15, 0.2) is 0 Å². The fourth-order valence-corrected chi connectivity index (χ4v) is 2.91. The number of hydrogen-bond donors (Lipinski definition) is 1. The van der Waals surface area contributed by atoms with Gasteiger partial charge in [0.1, 0.15) is 6.10 Å². The molecule has 1 saturated carbocycles. The van der Waals surface area contributed by atoms with Crippen molar-refractivity contribution in [3.63, 3.8) is 0 Å². The molecular weight excluding hydrogens is 214 g/mol. The molecule has 3 unspecified atom stereocenters. The number of rotatable bonds is 5. The molecule has 0 amide bonds. The first-order chi connectivity index (χ1) is 8.06. The zero-order valence-corrected chi connectivity index (χ0v) is 11.4. The van der Waals surface area contributed by atoms with Gasteiger partial charge in [-0.25, -0.2) is 0 Å². The molecule has 0 heterocycles. The smallest absolute Gasteiger partial charge is 0.310 e. The van der Waals surface area contributed by atoms with Crippen molar-refractivity contribution in [3.8, 4) is 0 Å². The predicted octanol–water partition coefficient (Wildman–Crippen LogP) is 2.73. The van der Waals surface area contributed by atoms with Gasteiger partial charge in [-0.3, -0.25) is 4.79 Å². The molecule has 17 heavy (non-hydrogen) atoms. The average molecular weight is 241 g/mol. The lowest BCUT2D eigenvalue weighted by atomic mass is 9.82. The summed E-state index contributed by atoms with van der Waals surface area (Å²) in [6, 6.07) is 0. The summed E-state index contributed by atoms with van der Waals surface area (Å²) < 4.78 is 5.62. The summed E-state index contributed by atoms with van der Waals surface area (Å²) in [7, 11) is 0. The van der Waals surface area contributed by atoms with E-state index in [-0.39, 0.29) is 18.0 Å². The van der Waals surface area contributed by atoms with Crippen LogP contribution in [0.5, 0.6) is 0 Å². The number of esters is 1. The lowest BCUT2D eigenvalue weighted by Crippen LogP contribution is -2.33. The van der Waals surface area contributed by atoms with Crippen molar-refractivity contribution < 1.29 is 9.53 Å². The van der Waals surface area contributed by atoms with Gasteiger partial charge in [0.25, 0.3) is 0 Å². The number of nitrogens with two attached hydrogens (primary N) is 1. The van der Waals surface area contributed by atoms with E-state index in [4.69, 9.17) is 10.5 Å². The van der Waals surface area contributed by atoms with Crippen molar-refractivity contribution >= 4 is 5.97 Å². The Kier molecular flexibility index (Phi) is 5.96. The fraction of sp³-hybridized carbons (Fsp3) is 0.929. The third-order valence-corrected chi connectivity index (χ3v) is 3.67. The molecule has 3 nitrogen and oxygen atoms in total. The summed E-state index contributed by atoms with van der Waals surface area (Å²) in [5.41, 5.74) is 5.62. The first-order valence-electron chi connectivity index (χ1n) is 6.97. The molecule has 0 aromatic heterocycles. The highest BCUT2D eigenvalue weighted by molar-refractivity contribution is 5.72. The highest BCUT2D eigenvalue weighted by Gasteiger charge is 2.28. The van der Waals surface area contributed by atoms with Gasteiger partial charge in [-0.1, -0.05) is 27.2 Å². The first-order valence-corrected chi connectivity index (χ1v) is 6.97. The molecule has 2 N–H and O–H groups in total. The summed E-state index contributed by atoms with van der Waals surface area (Å²) in [4.78, 5) is 11.9. The summed E-state index contributed by atoms with van der Waals surface area (Å²) in [5, 5.41) is 0. The van der Waals surface area contributed by atoms with Crippen LogP contribution in [0, 0.1) is 17.8 Å². The van der Waals surface area contributed by atoms with Gasteiger partial charge in [0.05, 0.1) is 5.92 Å². The lowest BCUT2D eigenvalue weighted by molar-refractivity contribution is -0.157. The molecule has 0 aliphatic heterocycles. The second-order valence-corrected chi connectivity index (χ2v) is 5.70. The Balaban J connectivity index is 2.43.